The summed E-state index contributed by atoms with van der Waals surface area (Å²) in [5.74, 6) is -1.10. The second kappa shape index (κ2) is 8.09. The van der Waals surface area contributed by atoms with Crippen molar-refractivity contribution in [2.45, 2.75) is 20.0 Å². The van der Waals surface area contributed by atoms with Gasteiger partial charge in [-0.25, -0.2) is 4.79 Å². The molecule has 0 radical (unpaired) electrons. The average molecular weight is 345 g/mol. The summed E-state index contributed by atoms with van der Waals surface area (Å²) >= 11 is 0. The maximum atomic E-state index is 12.0. The predicted octanol–water partition coefficient (Wildman–Crippen LogP) is 0.0468. The highest BCUT2D eigenvalue weighted by Gasteiger charge is 2.13. The fourth-order valence-corrected chi connectivity index (χ4v) is 2.06. The van der Waals surface area contributed by atoms with Gasteiger partial charge in [-0.2, -0.15) is 0 Å². The number of H-pyrrole nitrogens is 1. The van der Waals surface area contributed by atoms with Gasteiger partial charge in [-0.15, -0.1) is 0 Å². The van der Waals surface area contributed by atoms with E-state index in [4.69, 9.17) is 4.74 Å². The van der Waals surface area contributed by atoms with Gasteiger partial charge in [0, 0.05) is 25.9 Å². The molecule has 1 amide bonds. The van der Waals surface area contributed by atoms with Gasteiger partial charge in [-0.3, -0.25) is 23.9 Å². The zero-order chi connectivity index (χ0) is 18.4. The molecule has 0 fully saturated rings. The van der Waals surface area contributed by atoms with Crippen LogP contribution in [0.2, 0.25) is 0 Å². The van der Waals surface area contributed by atoms with Crippen LogP contribution in [0.15, 0.2) is 46.1 Å². The van der Waals surface area contributed by atoms with Crippen LogP contribution in [0.25, 0.3) is 0 Å². The molecule has 0 aliphatic heterocycles. The van der Waals surface area contributed by atoms with E-state index in [1.54, 1.807) is 7.05 Å². The lowest BCUT2D eigenvalue weighted by atomic mass is 10.1. The van der Waals surface area contributed by atoms with E-state index in [0.29, 0.717) is 6.54 Å². The predicted molar refractivity (Wildman–Crippen MR) is 89.9 cm³/mol. The number of amides is 1. The van der Waals surface area contributed by atoms with Gasteiger partial charge in [0.05, 0.1) is 0 Å². The van der Waals surface area contributed by atoms with Gasteiger partial charge >= 0.3 is 11.7 Å². The SMILES string of the molecule is Cc1ccc(CN(C)C(=O)COC(=O)Cn2ccc(=O)[nH]c2=O)cc1. The van der Waals surface area contributed by atoms with Crippen LogP contribution in [-0.2, 0) is 27.4 Å². The van der Waals surface area contributed by atoms with Crippen LogP contribution < -0.4 is 11.2 Å². The minimum atomic E-state index is -0.744. The van der Waals surface area contributed by atoms with Crippen molar-refractivity contribution in [3.8, 4) is 0 Å². The number of rotatable bonds is 6. The Kier molecular flexibility index (Phi) is 5.89. The summed E-state index contributed by atoms with van der Waals surface area (Å²) in [7, 11) is 1.61. The van der Waals surface area contributed by atoms with Crippen molar-refractivity contribution in [2.75, 3.05) is 13.7 Å². The van der Waals surface area contributed by atoms with Crippen molar-refractivity contribution >= 4 is 11.9 Å². The highest BCUT2D eigenvalue weighted by Crippen LogP contribution is 2.06. The van der Waals surface area contributed by atoms with E-state index in [0.717, 1.165) is 21.8 Å². The van der Waals surface area contributed by atoms with E-state index in [1.165, 1.54) is 11.1 Å². The number of likely N-dealkylation sites (N-methyl/N-ethyl adjacent to an activating group) is 1. The van der Waals surface area contributed by atoms with E-state index >= 15 is 0 Å². The molecule has 0 saturated heterocycles. The summed E-state index contributed by atoms with van der Waals surface area (Å²) in [6.45, 7) is 1.58. The van der Waals surface area contributed by atoms with Crippen LogP contribution in [0.3, 0.4) is 0 Å². The third kappa shape index (κ3) is 5.45. The molecule has 0 aliphatic carbocycles. The van der Waals surface area contributed by atoms with E-state index in [9.17, 15) is 19.2 Å². The molecule has 2 aromatic rings. The highest BCUT2D eigenvalue weighted by atomic mass is 16.5. The standard InChI is InChI=1S/C17H19N3O5/c1-12-3-5-13(6-4-12)9-19(2)15(22)11-25-16(23)10-20-8-7-14(21)18-17(20)24/h3-8H,9-11H2,1-2H3,(H,18,21,24). The summed E-state index contributed by atoms with van der Waals surface area (Å²) in [6.07, 6.45) is 1.19. The number of aromatic amines is 1. The quantitative estimate of drug-likeness (QED) is 0.745. The van der Waals surface area contributed by atoms with E-state index < -0.39 is 23.8 Å². The van der Waals surface area contributed by atoms with Crippen molar-refractivity contribution in [3.05, 3.63) is 68.5 Å². The van der Waals surface area contributed by atoms with Gasteiger partial charge < -0.3 is 9.64 Å². The molecule has 25 heavy (non-hydrogen) atoms. The number of nitrogens with zero attached hydrogens (tertiary/aromatic N) is 2. The molecule has 1 N–H and O–H groups in total. The highest BCUT2D eigenvalue weighted by molar-refractivity contribution is 5.80. The van der Waals surface area contributed by atoms with Crippen molar-refractivity contribution in [1.29, 1.82) is 0 Å². The van der Waals surface area contributed by atoms with Crippen molar-refractivity contribution in [3.63, 3.8) is 0 Å². The van der Waals surface area contributed by atoms with E-state index in [2.05, 4.69) is 0 Å². The average Bonchev–Trinajstić information content (AvgIpc) is 2.57. The molecule has 0 bridgehead atoms. The van der Waals surface area contributed by atoms with Gasteiger partial charge in [0.2, 0.25) is 0 Å². The monoisotopic (exact) mass is 345 g/mol. The molecule has 1 heterocycles. The summed E-state index contributed by atoms with van der Waals surface area (Å²) in [5.41, 5.74) is 0.825. The van der Waals surface area contributed by atoms with E-state index in [-0.39, 0.29) is 12.5 Å². The molecule has 0 unspecified atom stereocenters. The third-order valence-corrected chi connectivity index (χ3v) is 3.52. The summed E-state index contributed by atoms with van der Waals surface area (Å²) in [6, 6.07) is 8.88. The fourth-order valence-electron chi connectivity index (χ4n) is 2.06. The second-order valence-electron chi connectivity index (χ2n) is 5.63. The van der Waals surface area contributed by atoms with Gasteiger partial charge in [-0.1, -0.05) is 29.8 Å². The van der Waals surface area contributed by atoms with Crippen LogP contribution in [0.4, 0.5) is 0 Å². The Morgan fingerprint density at radius 2 is 1.84 bits per heavy atom. The largest absolute Gasteiger partial charge is 0.454 e. The molecule has 0 atom stereocenters. The number of hydrogen-bond acceptors (Lipinski definition) is 5. The van der Waals surface area contributed by atoms with Gasteiger partial charge in [-0.05, 0) is 12.5 Å². The molecule has 1 aromatic heterocycles. The zero-order valence-corrected chi connectivity index (χ0v) is 14.0. The first-order valence-corrected chi connectivity index (χ1v) is 7.60. The molecule has 0 spiro atoms. The summed E-state index contributed by atoms with van der Waals surface area (Å²) in [4.78, 5) is 49.6. The Hall–Kier alpha value is -3.16. The topological polar surface area (TPSA) is 101 Å². The Bertz CT molecular complexity index is 867. The van der Waals surface area contributed by atoms with Gasteiger partial charge in [0.15, 0.2) is 6.61 Å². The minimum Gasteiger partial charge on any atom is -0.454 e. The number of ether oxygens (including phenoxy) is 1. The Morgan fingerprint density at radius 1 is 1.16 bits per heavy atom. The molecular weight excluding hydrogens is 326 g/mol. The molecule has 8 heteroatoms. The normalized spacial score (nSPS) is 10.3. The number of nitrogens with one attached hydrogen (secondary N) is 1. The summed E-state index contributed by atoms with van der Waals surface area (Å²) in [5, 5.41) is 0. The third-order valence-electron chi connectivity index (χ3n) is 3.52. The lowest BCUT2D eigenvalue weighted by molar-refractivity contribution is -0.152. The molecule has 1 aromatic carbocycles. The van der Waals surface area contributed by atoms with Crippen LogP contribution in [0, 0.1) is 6.92 Å². The molecule has 0 saturated carbocycles. The number of aromatic nitrogens is 2. The minimum absolute atomic E-state index is 0.359. The fraction of sp³-hybridized carbons (Fsp3) is 0.294. The maximum Gasteiger partial charge on any atom is 0.328 e. The number of esters is 1. The molecular formula is C17H19N3O5. The van der Waals surface area contributed by atoms with Crippen molar-refractivity contribution < 1.29 is 14.3 Å². The van der Waals surface area contributed by atoms with Gasteiger partial charge in [0.25, 0.3) is 11.5 Å². The van der Waals surface area contributed by atoms with Crippen LogP contribution >= 0.6 is 0 Å². The number of carbonyl (C=O) groups is 2. The number of carbonyl (C=O) groups excluding carboxylic acids is 2. The van der Waals surface area contributed by atoms with Crippen molar-refractivity contribution in [1.82, 2.24) is 14.5 Å². The molecule has 2 rings (SSSR count). The first kappa shape index (κ1) is 18.2. The first-order valence-electron chi connectivity index (χ1n) is 7.60. The Labute approximate surface area is 143 Å². The van der Waals surface area contributed by atoms with Gasteiger partial charge in [0.1, 0.15) is 6.54 Å². The second-order valence-corrected chi connectivity index (χ2v) is 5.63. The van der Waals surface area contributed by atoms with E-state index in [1.807, 2.05) is 36.2 Å². The molecule has 0 aliphatic rings. The first-order chi connectivity index (χ1) is 11.8. The van der Waals surface area contributed by atoms with Crippen LogP contribution in [0.5, 0.6) is 0 Å². The lowest BCUT2D eigenvalue weighted by Crippen LogP contribution is -2.34. The Morgan fingerprint density at radius 3 is 2.48 bits per heavy atom. The number of benzene rings is 1. The molecule has 132 valence electrons. The Balaban J connectivity index is 1.83. The maximum absolute atomic E-state index is 12.0. The summed E-state index contributed by atoms with van der Waals surface area (Å²) < 4.78 is 5.88. The van der Waals surface area contributed by atoms with Crippen molar-refractivity contribution in [2.24, 2.45) is 0 Å². The number of aryl methyl sites for hydroxylation is 1. The lowest BCUT2D eigenvalue weighted by Gasteiger charge is -2.17. The molecule has 8 nitrogen and oxygen atoms in total. The number of hydrogen-bond donors (Lipinski definition) is 1. The van der Waals surface area contributed by atoms with Crippen LogP contribution in [0.1, 0.15) is 11.1 Å². The smallest absolute Gasteiger partial charge is 0.328 e. The van der Waals surface area contributed by atoms with Crippen LogP contribution in [-0.4, -0.2) is 40.0 Å². The zero-order valence-electron chi connectivity index (χ0n) is 14.0.